The summed E-state index contributed by atoms with van der Waals surface area (Å²) in [7, 11) is -3.70. The highest BCUT2D eigenvalue weighted by Gasteiger charge is 2.25. The zero-order chi connectivity index (χ0) is 28.0. The Balaban J connectivity index is 1.85. The Labute approximate surface area is 238 Å². The van der Waals surface area contributed by atoms with Gasteiger partial charge in [-0.25, -0.2) is 0 Å². The molecule has 6 heteroatoms. The van der Waals surface area contributed by atoms with Crippen LogP contribution in [0, 0.1) is 0 Å². The van der Waals surface area contributed by atoms with Gasteiger partial charge in [-0.1, -0.05) is 144 Å². The monoisotopic (exact) mass is 558 g/mol. The molecule has 2 aromatic rings. The second kappa shape index (κ2) is 20.8. The van der Waals surface area contributed by atoms with Crippen LogP contribution in [-0.4, -0.2) is 33.5 Å². The van der Waals surface area contributed by atoms with Gasteiger partial charge in [0.15, 0.2) is 0 Å². The predicted octanol–water partition coefficient (Wildman–Crippen LogP) is 8.39. The lowest BCUT2D eigenvalue weighted by atomic mass is 10.0. The summed E-state index contributed by atoms with van der Waals surface area (Å²) in [4.78, 5) is 0. The van der Waals surface area contributed by atoms with Gasteiger partial charge in [0.05, 0.1) is 26.1 Å². The summed E-state index contributed by atoms with van der Waals surface area (Å²) >= 11 is 0. The molecule has 0 heterocycles. The number of hydrogen-bond acceptors (Lipinski definition) is 5. The summed E-state index contributed by atoms with van der Waals surface area (Å²) in [6.07, 6.45) is 19.1. The first-order valence-corrected chi connectivity index (χ1v) is 16.6. The summed E-state index contributed by atoms with van der Waals surface area (Å²) in [6.45, 7) is 3.09. The minimum absolute atomic E-state index is 0.101. The summed E-state index contributed by atoms with van der Waals surface area (Å²) < 4.78 is 41.7. The van der Waals surface area contributed by atoms with Crippen LogP contribution in [-0.2, 0) is 37.0 Å². The first-order valence-electron chi connectivity index (χ1n) is 14.8. The van der Waals surface area contributed by atoms with Crippen LogP contribution in [0.2, 0.25) is 0 Å². The van der Waals surface area contributed by atoms with Crippen molar-refractivity contribution in [3.63, 3.8) is 0 Å². The molecule has 2 atom stereocenters. The molecule has 2 aromatic carbocycles. The van der Waals surface area contributed by atoms with E-state index in [1.54, 1.807) is 0 Å². The maximum absolute atomic E-state index is 12.1. The fourth-order valence-electron chi connectivity index (χ4n) is 4.48. The topological polar surface area (TPSA) is 61.8 Å². The maximum Gasteiger partial charge on any atom is 0.264 e. The second-order valence-corrected chi connectivity index (χ2v) is 12.0. The molecule has 0 aliphatic rings. The molecule has 39 heavy (non-hydrogen) atoms. The molecular formula is C33H50O5S. The van der Waals surface area contributed by atoms with Gasteiger partial charge in [0, 0.05) is 0 Å². The Morgan fingerprint density at radius 1 is 0.718 bits per heavy atom. The fraction of sp³-hybridized carbons (Fsp3) is 0.576. The van der Waals surface area contributed by atoms with E-state index in [0.717, 1.165) is 30.2 Å². The normalized spacial score (nSPS) is 13.6. The van der Waals surface area contributed by atoms with Crippen LogP contribution in [0.3, 0.4) is 0 Å². The van der Waals surface area contributed by atoms with Crippen LogP contribution in [0.15, 0.2) is 72.8 Å². The molecular weight excluding hydrogens is 508 g/mol. The zero-order valence-electron chi connectivity index (χ0n) is 24.1. The quantitative estimate of drug-likeness (QED) is 0.0778. The number of allylic oxidation sites excluding steroid dienone is 1. The Morgan fingerprint density at radius 2 is 1.23 bits per heavy atom. The standard InChI is InChI=1S/C33H50O5S/c1-3-4-5-6-7-8-9-10-11-12-13-14-21-26-32(37-28-31-24-19-16-20-25-31)33(38-39(2,34)35)29-36-27-30-22-17-15-18-23-30/h15-26,32-33H,3-14,27-29H2,1-2H3/b26-21+/t32-,33-/m1/s1. The van der Waals surface area contributed by atoms with Crippen molar-refractivity contribution < 1.29 is 22.1 Å². The Kier molecular flexibility index (Phi) is 17.8. The lowest BCUT2D eigenvalue weighted by Crippen LogP contribution is -2.36. The Bertz CT molecular complexity index is 976. The molecule has 0 saturated heterocycles. The van der Waals surface area contributed by atoms with Crippen LogP contribution < -0.4 is 0 Å². The number of ether oxygens (including phenoxy) is 2. The van der Waals surface area contributed by atoms with E-state index in [4.69, 9.17) is 13.7 Å². The summed E-state index contributed by atoms with van der Waals surface area (Å²) in [5, 5.41) is 0. The van der Waals surface area contributed by atoms with E-state index >= 15 is 0 Å². The number of hydrogen-bond donors (Lipinski definition) is 0. The van der Waals surface area contributed by atoms with Crippen molar-refractivity contribution in [2.75, 3.05) is 12.9 Å². The van der Waals surface area contributed by atoms with Crippen molar-refractivity contribution in [3.05, 3.63) is 83.9 Å². The largest absolute Gasteiger partial charge is 0.374 e. The first-order chi connectivity index (χ1) is 19.0. The zero-order valence-corrected chi connectivity index (χ0v) is 25.0. The number of unbranched alkanes of at least 4 members (excludes halogenated alkanes) is 11. The van der Waals surface area contributed by atoms with Crippen LogP contribution in [0.4, 0.5) is 0 Å². The highest BCUT2D eigenvalue weighted by atomic mass is 32.2. The van der Waals surface area contributed by atoms with E-state index in [1.165, 1.54) is 64.2 Å². The average Bonchev–Trinajstić information content (AvgIpc) is 2.93. The van der Waals surface area contributed by atoms with Crippen LogP contribution in [0.5, 0.6) is 0 Å². The van der Waals surface area contributed by atoms with Gasteiger partial charge in [-0.05, 0) is 24.0 Å². The van der Waals surface area contributed by atoms with E-state index in [1.807, 2.05) is 66.7 Å². The van der Waals surface area contributed by atoms with E-state index < -0.39 is 22.3 Å². The van der Waals surface area contributed by atoms with Crippen molar-refractivity contribution in [3.8, 4) is 0 Å². The molecule has 5 nitrogen and oxygen atoms in total. The lowest BCUT2D eigenvalue weighted by molar-refractivity contribution is -0.0461. The average molecular weight is 559 g/mol. The molecule has 0 N–H and O–H groups in total. The molecule has 0 radical (unpaired) electrons. The van der Waals surface area contributed by atoms with Gasteiger partial charge in [-0.2, -0.15) is 8.42 Å². The molecule has 0 aromatic heterocycles. The molecule has 0 saturated carbocycles. The molecule has 0 unspecified atom stereocenters. The summed E-state index contributed by atoms with van der Waals surface area (Å²) in [5.74, 6) is 0. The van der Waals surface area contributed by atoms with Gasteiger partial charge in [0.25, 0.3) is 10.1 Å². The van der Waals surface area contributed by atoms with Gasteiger partial charge >= 0.3 is 0 Å². The third-order valence-electron chi connectivity index (χ3n) is 6.64. The third kappa shape index (κ3) is 17.3. The molecule has 0 amide bonds. The van der Waals surface area contributed by atoms with E-state index in [0.29, 0.717) is 13.2 Å². The van der Waals surface area contributed by atoms with Gasteiger partial charge in [0.1, 0.15) is 12.2 Å². The third-order valence-corrected chi connectivity index (χ3v) is 7.24. The van der Waals surface area contributed by atoms with Gasteiger partial charge in [-0.15, -0.1) is 0 Å². The SMILES string of the molecule is CCCCCCCCCCCCC/C=C/[C@@H](OCc1ccccc1)[C@@H](COCc1ccccc1)OS(C)(=O)=O. The minimum atomic E-state index is -3.70. The molecule has 2 rings (SSSR count). The lowest BCUT2D eigenvalue weighted by Gasteiger charge is -2.24. The van der Waals surface area contributed by atoms with E-state index in [2.05, 4.69) is 13.0 Å². The van der Waals surface area contributed by atoms with Crippen LogP contribution in [0.1, 0.15) is 95.1 Å². The molecule has 0 spiro atoms. The Morgan fingerprint density at radius 3 is 1.77 bits per heavy atom. The second-order valence-electron chi connectivity index (χ2n) is 10.4. The van der Waals surface area contributed by atoms with Crippen molar-refractivity contribution >= 4 is 10.1 Å². The molecule has 218 valence electrons. The molecule has 0 bridgehead atoms. The van der Waals surface area contributed by atoms with Crippen molar-refractivity contribution in [2.45, 2.75) is 109 Å². The van der Waals surface area contributed by atoms with Gasteiger partial charge in [-0.3, -0.25) is 4.18 Å². The summed E-state index contributed by atoms with van der Waals surface area (Å²) in [6, 6.07) is 19.7. The van der Waals surface area contributed by atoms with Crippen molar-refractivity contribution in [1.29, 1.82) is 0 Å². The van der Waals surface area contributed by atoms with Crippen molar-refractivity contribution in [1.82, 2.24) is 0 Å². The molecule has 0 fully saturated rings. The fourth-order valence-corrected chi connectivity index (χ4v) is 5.09. The maximum atomic E-state index is 12.1. The molecule has 0 aliphatic carbocycles. The van der Waals surface area contributed by atoms with Crippen LogP contribution in [0.25, 0.3) is 0 Å². The Hall–Kier alpha value is -1.99. The summed E-state index contributed by atoms with van der Waals surface area (Å²) in [5.41, 5.74) is 2.04. The van der Waals surface area contributed by atoms with Gasteiger partial charge in [0.2, 0.25) is 0 Å². The van der Waals surface area contributed by atoms with Crippen LogP contribution >= 0.6 is 0 Å². The molecule has 0 aliphatic heterocycles. The highest BCUT2D eigenvalue weighted by molar-refractivity contribution is 7.86. The van der Waals surface area contributed by atoms with Gasteiger partial charge < -0.3 is 9.47 Å². The number of benzene rings is 2. The van der Waals surface area contributed by atoms with E-state index in [9.17, 15) is 8.42 Å². The number of rotatable bonds is 23. The predicted molar refractivity (Wildman–Crippen MR) is 161 cm³/mol. The minimum Gasteiger partial charge on any atom is -0.374 e. The highest BCUT2D eigenvalue weighted by Crippen LogP contribution is 2.16. The van der Waals surface area contributed by atoms with Crippen molar-refractivity contribution in [2.24, 2.45) is 0 Å². The van der Waals surface area contributed by atoms with E-state index in [-0.39, 0.29) is 6.61 Å². The smallest absolute Gasteiger partial charge is 0.264 e. The first kappa shape index (κ1) is 33.2.